The molecule has 136 valence electrons. The number of aromatic amines is 1. The highest BCUT2D eigenvalue weighted by molar-refractivity contribution is 6.31. The van der Waals surface area contributed by atoms with E-state index in [4.69, 9.17) is 11.6 Å². The van der Waals surface area contributed by atoms with Crippen LogP contribution in [0, 0.1) is 0 Å². The third kappa shape index (κ3) is 5.35. The molecule has 1 aromatic heterocycles. The summed E-state index contributed by atoms with van der Waals surface area (Å²) in [6.07, 6.45) is -3.97. The summed E-state index contributed by atoms with van der Waals surface area (Å²) >= 11 is 5.88. The first kappa shape index (κ1) is 19.0. The summed E-state index contributed by atoms with van der Waals surface area (Å²) in [5, 5.41) is 2.53. The van der Waals surface area contributed by atoms with Gasteiger partial charge in [-0.25, -0.2) is 9.78 Å². The third-order valence-corrected chi connectivity index (χ3v) is 3.51. The van der Waals surface area contributed by atoms with Gasteiger partial charge in [-0.15, -0.1) is 0 Å². The van der Waals surface area contributed by atoms with E-state index < -0.39 is 24.3 Å². The number of carbonyl (C=O) groups is 1. The Hall–Kier alpha value is -2.29. The molecule has 0 bridgehead atoms. The topological polar surface area (TPSA) is 78.1 Å². The quantitative estimate of drug-likeness (QED) is 0.841. The van der Waals surface area contributed by atoms with E-state index in [-0.39, 0.29) is 18.9 Å². The fourth-order valence-corrected chi connectivity index (χ4v) is 2.39. The summed E-state index contributed by atoms with van der Waals surface area (Å²) in [6.45, 7) is 0.430. The number of H-pyrrole nitrogens is 1. The first-order chi connectivity index (χ1) is 11.7. The maximum absolute atomic E-state index is 12.3. The van der Waals surface area contributed by atoms with Crippen molar-refractivity contribution >= 4 is 28.5 Å². The minimum atomic E-state index is -4.50. The molecule has 0 atom stereocenters. The zero-order valence-corrected chi connectivity index (χ0v) is 14.0. The fraction of sp³-hybridized carbons (Fsp3) is 0.400. The maximum Gasteiger partial charge on any atom is 0.405 e. The Morgan fingerprint density at radius 2 is 2.12 bits per heavy atom. The van der Waals surface area contributed by atoms with Crippen molar-refractivity contribution < 1.29 is 18.0 Å². The van der Waals surface area contributed by atoms with Crippen LogP contribution in [0.15, 0.2) is 23.0 Å². The average Bonchev–Trinajstić information content (AvgIpc) is 2.51. The maximum atomic E-state index is 12.3. The molecule has 6 nitrogen and oxygen atoms in total. The van der Waals surface area contributed by atoms with Crippen LogP contribution >= 0.6 is 11.6 Å². The van der Waals surface area contributed by atoms with Gasteiger partial charge >= 0.3 is 12.2 Å². The largest absolute Gasteiger partial charge is 0.405 e. The number of fused-ring (bicyclic) bond motifs is 1. The van der Waals surface area contributed by atoms with E-state index >= 15 is 0 Å². The Morgan fingerprint density at radius 1 is 1.40 bits per heavy atom. The first-order valence-corrected chi connectivity index (χ1v) is 7.85. The number of urea groups is 1. The highest BCUT2D eigenvalue weighted by Gasteiger charge is 2.29. The number of alkyl halides is 3. The van der Waals surface area contributed by atoms with Gasteiger partial charge < -0.3 is 15.2 Å². The summed E-state index contributed by atoms with van der Waals surface area (Å²) in [7, 11) is 0. The Kier molecular flexibility index (Phi) is 5.89. The van der Waals surface area contributed by atoms with Gasteiger partial charge in [0.05, 0.1) is 17.4 Å². The molecular formula is C15H16ClF3N4O2. The third-order valence-electron chi connectivity index (χ3n) is 3.28. The van der Waals surface area contributed by atoms with Gasteiger partial charge in [-0.2, -0.15) is 13.2 Å². The molecule has 0 saturated heterocycles. The molecule has 0 aliphatic carbocycles. The molecule has 25 heavy (non-hydrogen) atoms. The highest BCUT2D eigenvalue weighted by Crippen LogP contribution is 2.15. The molecule has 10 heteroatoms. The number of nitrogens with one attached hydrogen (secondary N) is 2. The van der Waals surface area contributed by atoms with E-state index in [0.717, 1.165) is 4.90 Å². The van der Waals surface area contributed by atoms with Gasteiger partial charge in [0.25, 0.3) is 5.56 Å². The molecule has 0 saturated carbocycles. The Balaban J connectivity index is 2.22. The van der Waals surface area contributed by atoms with Crippen LogP contribution in [-0.4, -0.2) is 40.2 Å². The Morgan fingerprint density at radius 3 is 2.76 bits per heavy atom. The number of aromatic nitrogens is 2. The van der Waals surface area contributed by atoms with Crippen molar-refractivity contribution in [3.05, 3.63) is 39.4 Å². The van der Waals surface area contributed by atoms with Crippen LogP contribution in [0.3, 0.4) is 0 Å². The van der Waals surface area contributed by atoms with Gasteiger partial charge in [0.1, 0.15) is 12.4 Å². The lowest BCUT2D eigenvalue weighted by Crippen LogP contribution is -2.44. The second kappa shape index (κ2) is 7.73. The number of amides is 2. The van der Waals surface area contributed by atoms with Gasteiger partial charge in [0.2, 0.25) is 0 Å². The summed E-state index contributed by atoms with van der Waals surface area (Å²) in [4.78, 5) is 31.9. The minimum absolute atomic E-state index is 0.130. The summed E-state index contributed by atoms with van der Waals surface area (Å²) in [5.41, 5.74) is -0.0674. The number of hydrogen-bond acceptors (Lipinski definition) is 3. The van der Waals surface area contributed by atoms with Crippen molar-refractivity contribution in [1.82, 2.24) is 20.2 Å². The molecule has 0 fully saturated rings. The van der Waals surface area contributed by atoms with Crippen LogP contribution in [0.4, 0.5) is 18.0 Å². The molecule has 2 rings (SSSR count). The second-order valence-electron chi connectivity index (χ2n) is 5.37. The predicted molar refractivity (Wildman–Crippen MR) is 87.5 cm³/mol. The van der Waals surface area contributed by atoms with Crippen molar-refractivity contribution in [1.29, 1.82) is 0 Å². The standard InChI is InChI=1S/C15H16ClF3N4O2/c1-2-5-23(14(25)20-8-15(17,18)19)7-12-21-11-6-9(16)3-4-10(11)13(24)22-12/h3-4,6H,2,5,7-8H2,1H3,(H,20,25)(H,21,22,24). The van der Waals surface area contributed by atoms with Gasteiger partial charge in [-0.05, 0) is 24.6 Å². The fourth-order valence-electron chi connectivity index (χ4n) is 2.23. The lowest BCUT2D eigenvalue weighted by Gasteiger charge is -2.22. The van der Waals surface area contributed by atoms with E-state index in [1.54, 1.807) is 13.0 Å². The predicted octanol–water partition coefficient (Wildman–Crippen LogP) is 3.06. The number of rotatable bonds is 5. The van der Waals surface area contributed by atoms with Crippen LogP contribution in [-0.2, 0) is 6.54 Å². The molecular weight excluding hydrogens is 361 g/mol. The van der Waals surface area contributed by atoms with Gasteiger partial charge in [0.15, 0.2) is 0 Å². The average molecular weight is 377 g/mol. The molecule has 0 aliphatic heterocycles. The molecule has 2 amide bonds. The smallest absolute Gasteiger partial charge is 0.329 e. The van der Waals surface area contributed by atoms with Gasteiger partial charge in [-0.1, -0.05) is 18.5 Å². The van der Waals surface area contributed by atoms with Crippen LogP contribution in [0.2, 0.25) is 5.02 Å². The summed E-state index contributed by atoms with van der Waals surface area (Å²) < 4.78 is 36.8. The van der Waals surface area contributed by atoms with Crippen LogP contribution in [0.5, 0.6) is 0 Å². The van der Waals surface area contributed by atoms with Crippen molar-refractivity contribution in [2.45, 2.75) is 26.1 Å². The number of halogens is 4. The molecule has 2 N–H and O–H groups in total. The van der Waals surface area contributed by atoms with Crippen molar-refractivity contribution in [3.8, 4) is 0 Å². The number of hydrogen-bond donors (Lipinski definition) is 2. The van der Waals surface area contributed by atoms with Crippen molar-refractivity contribution in [2.75, 3.05) is 13.1 Å². The Labute approximate surface area is 146 Å². The molecule has 1 heterocycles. The SMILES string of the molecule is CCCN(Cc1nc2cc(Cl)ccc2c(=O)[nH]1)C(=O)NCC(F)(F)F. The second-order valence-corrected chi connectivity index (χ2v) is 5.81. The zero-order chi connectivity index (χ0) is 18.6. The van der Waals surface area contributed by atoms with E-state index in [1.165, 1.54) is 12.1 Å². The Bertz CT molecular complexity index is 823. The normalized spacial score (nSPS) is 11.6. The van der Waals surface area contributed by atoms with E-state index in [2.05, 4.69) is 9.97 Å². The molecule has 0 spiro atoms. The number of carbonyl (C=O) groups excluding carboxylic acids is 1. The first-order valence-electron chi connectivity index (χ1n) is 7.47. The van der Waals surface area contributed by atoms with Gasteiger partial charge in [-0.3, -0.25) is 4.79 Å². The lowest BCUT2D eigenvalue weighted by atomic mass is 10.2. The van der Waals surface area contributed by atoms with Crippen molar-refractivity contribution in [3.63, 3.8) is 0 Å². The van der Waals surface area contributed by atoms with Crippen molar-refractivity contribution in [2.24, 2.45) is 0 Å². The molecule has 1 aromatic carbocycles. The summed E-state index contributed by atoms with van der Waals surface area (Å²) in [5.74, 6) is 0.162. The molecule has 0 unspecified atom stereocenters. The molecule has 0 radical (unpaired) electrons. The zero-order valence-electron chi connectivity index (χ0n) is 13.3. The lowest BCUT2D eigenvalue weighted by molar-refractivity contribution is -0.123. The number of benzene rings is 1. The van der Waals surface area contributed by atoms with E-state index in [9.17, 15) is 22.8 Å². The van der Waals surface area contributed by atoms with E-state index in [1.807, 2.05) is 5.32 Å². The molecule has 2 aromatic rings. The van der Waals surface area contributed by atoms with Crippen LogP contribution in [0.1, 0.15) is 19.2 Å². The molecule has 0 aliphatic rings. The number of nitrogens with zero attached hydrogens (tertiary/aromatic N) is 2. The van der Waals surface area contributed by atoms with Crippen LogP contribution in [0.25, 0.3) is 10.9 Å². The minimum Gasteiger partial charge on any atom is -0.329 e. The van der Waals surface area contributed by atoms with Gasteiger partial charge in [0, 0.05) is 11.6 Å². The van der Waals surface area contributed by atoms with E-state index in [0.29, 0.717) is 22.3 Å². The van der Waals surface area contributed by atoms with Crippen LogP contribution < -0.4 is 10.9 Å². The summed E-state index contributed by atoms with van der Waals surface area (Å²) in [6, 6.07) is 3.69. The highest BCUT2D eigenvalue weighted by atomic mass is 35.5. The monoisotopic (exact) mass is 376 g/mol.